The van der Waals surface area contributed by atoms with Crippen LogP contribution in [-0.2, 0) is 0 Å². The number of hydrogen-bond acceptors (Lipinski definition) is 3. The highest BCUT2D eigenvalue weighted by atomic mass is 19.1. The Morgan fingerprint density at radius 2 is 2.10 bits per heavy atom. The van der Waals surface area contributed by atoms with Crippen molar-refractivity contribution in [1.29, 1.82) is 0 Å². The van der Waals surface area contributed by atoms with Crippen molar-refractivity contribution in [1.82, 2.24) is 4.90 Å². The molecular formula is C16H23FN2O. The summed E-state index contributed by atoms with van der Waals surface area (Å²) in [5.74, 6) is 0.102. The van der Waals surface area contributed by atoms with E-state index < -0.39 is 0 Å². The van der Waals surface area contributed by atoms with Crippen molar-refractivity contribution >= 4 is 5.69 Å². The van der Waals surface area contributed by atoms with Crippen LogP contribution in [0.5, 0.6) is 5.75 Å². The minimum absolute atomic E-state index is 0.253. The molecule has 2 aliphatic rings. The summed E-state index contributed by atoms with van der Waals surface area (Å²) in [5, 5.41) is 0. The summed E-state index contributed by atoms with van der Waals surface area (Å²) in [6.45, 7) is 6.82. The zero-order chi connectivity index (χ0) is 13.9. The summed E-state index contributed by atoms with van der Waals surface area (Å²) in [4.78, 5) is 4.92. The molecule has 4 heteroatoms. The molecule has 0 bridgehead atoms. The van der Waals surface area contributed by atoms with Crippen LogP contribution in [0, 0.1) is 5.82 Å². The third-order valence-corrected chi connectivity index (χ3v) is 4.38. The molecule has 20 heavy (non-hydrogen) atoms. The molecule has 3 nitrogen and oxygen atoms in total. The quantitative estimate of drug-likeness (QED) is 0.845. The Kier molecular flexibility index (Phi) is 4.10. The molecule has 1 aromatic rings. The minimum Gasteiger partial charge on any atom is -0.491 e. The summed E-state index contributed by atoms with van der Waals surface area (Å²) < 4.78 is 19.3. The Morgan fingerprint density at radius 1 is 1.25 bits per heavy atom. The molecule has 110 valence electrons. The lowest BCUT2D eigenvalue weighted by Crippen LogP contribution is -2.36. The Morgan fingerprint density at radius 3 is 2.90 bits per heavy atom. The van der Waals surface area contributed by atoms with Gasteiger partial charge in [0.05, 0.1) is 6.61 Å². The van der Waals surface area contributed by atoms with Crippen molar-refractivity contribution in [2.24, 2.45) is 0 Å². The molecule has 1 unspecified atom stereocenters. The first-order chi connectivity index (χ1) is 9.78. The average Bonchev–Trinajstić information content (AvgIpc) is 2.78. The molecule has 0 radical (unpaired) electrons. The first-order valence-corrected chi connectivity index (χ1v) is 7.69. The van der Waals surface area contributed by atoms with Crippen molar-refractivity contribution in [2.45, 2.75) is 32.2 Å². The average molecular weight is 278 g/mol. The summed E-state index contributed by atoms with van der Waals surface area (Å²) in [6, 6.07) is 6.01. The lowest BCUT2D eigenvalue weighted by molar-refractivity contribution is 0.273. The van der Waals surface area contributed by atoms with Crippen LogP contribution >= 0.6 is 0 Å². The number of nitrogens with zero attached hydrogens (tertiary/aromatic N) is 2. The van der Waals surface area contributed by atoms with Crippen LogP contribution in [-0.4, -0.2) is 43.7 Å². The number of fused-ring (bicyclic) bond motifs is 1. The number of ether oxygens (including phenoxy) is 1. The maximum Gasteiger partial charge on any atom is 0.167 e. The van der Waals surface area contributed by atoms with Gasteiger partial charge in [-0.25, -0.2) is 4.39 Å². The van der Waals surface area contributed by atoms with Gasteiger partial charge in [0.15, 0.2) is 11.6 Å². The Hall–Kier alpha value is -1.29. The monoisotopic (exact) mass is 278 g/mol. The van der Waals surface area contributed by atoms with E-state index in [0.717, 1.165) is 25.2 Å². The molecule has 3 rings (SSSR count). The zero-order valence-electron chi connectivity index (χ0n) is 12.1. The Bertz CT molecular complexity index is 466. The maximum atomic E-state index is 14.0. The molecule has 2 heterocycles. The molecule has 1 aromatic carbocycles. The molecule has 0 amide bonds. The van der Waals surface area contributed by atoms with Gasteiger partial charge < -0.3 is 9.64 Å². The van der Waals surface area contributed by atoms with Gasteiger partial charge in [-0.2, -0.15) is 0 Å². The van der Waals surface area contributed by atoms with Gasteiger partial charge in [-0.3, -0.25) is 4.90 Å². The van der Waals surface area contributed by atoms with Crippen LogP contribution in [0.25, 0.3) is 0 Å². The van der Waals surface area contributed by atoms with Crippen LogP contribution in [0.2, 0.25) is 0 Å². The van der Waals surface area contributed by atoms with Gasteiger partial charge in [-0.1, -0.05) is 0 Å². The standard InChI is InChI=1S/C16H23FN2O/c1-2-20-16-7-6-13(11-15(16)17)19-10-4-9-18-8-3-5-14(18)12-19/h6-7,11,14H,2-5,8-10,12H2,1H3. The first kappa shape index (κ1) is 13.7. The van der Waals surface area contributed by atoms with E-state index in [0.29, 0.717) is 18.4 Å². The molecule has 2 aliphatic heterocycles. The fourth-order valence-corrected chi connectivity index (χ4v) is 3.40. The second-order valence-corrected chi connectivity index (χ2v) is 5.68. The predicted octanol–water partition coefficient (Wildman–Crippen LogP) is 2.90. The zero-order valence-corrected chi connectivity index (χ0v) is 12.1. The van der Waals surface area contributed by atoms with Crippen LogP contribution in [0.15, 0.2) is 18.2 Å². The van der Waals surface area contributed by atoms with Gasteiger partial charge in [0, 0.05) is 37.4 Å². The summed E-state index contributed by atoms with van der Waals surface area (Å²) in [7, 11) is 0. The molecule has 0 spiro atoms. The van der Waals surface area contributed by atoms with Gasteiger partial charge in [0.1, 0.15) is 0 Å². The van der Waals surface area contributed by atoms with Crippen LogP contribution in [0.3, 0.4) is 0 Å². The van der Waals surface area contributed by atoms with Crippen molar-refractivity contribution in [3.8, 4) is 5.75 Å². The normalized spacial score (nSPS) is 23.5. The highest BCUT2D eigenvalue weighted by Crippen LogP contribution is 2.28. The second-order valence-electron chi connectivity index (χ2n) is 5.68. The lowest BCUT2D eigenvalue weighted by Gasteiger charge is -2.27. The minimum atomic E-state index is -0.253. The first-order valence-electron chi connectivity index (χ1n) is 7.69. The van der Waals surface area contributed by atoms with Gasteiger partial charge >= 0.3 is 0 Å². The van der Waals surface area contributed by atoms with E-state index in [4.69, 9.17) is 4.74 Å². The van der Waals surface area contributed by atoms with E-state index in [1.165, 1.54) is 25.9 Å². The van der Waals surface area contributed by atoms with Gasteiger partial charge in [-0.15, -0.1) is 0 Å². The van der Waals surface area contributed by atoms with E-state index in [2.05, 4.69) is 9.80 Å². The largest absolute Gasteiger partial charge is 0.491 e. The van der Waals surface area contributed by atoms with E-state index in [1.807, 2.05) is 13.0 Å². The molecule has 0 aliphatic carbocycles. The van der Waals surface area contributed by atoms with Crippen molar-refractivity contribution in [3.05, 3.63) is 24.0 Å². The van der Waals surface area contributed by atoms with E-state index >= 15 is 0 Å². The lowest BCUT2D eigenvalue weighted by atomic mass is 10.2. The summed E-state index contributed by atoms with van der Waals surface area (Å²) >= 11 is 0. The fourth-order valence-electron chi connectivity index (χ4n) is 3.40. The van der Waals surface area contributed by atoms with Crippen molar-refractivity contribution in [2.75, 3.05) is 37.7 Å². The van der Waals surface area contributed by atoms with E-state index in [9.17, 15) is 4.39 Å². The van der Waals surface area contributed by atoms with Crippen LogP contribution in [0.1, 0.15) is 26.2 Å². The highest BCUT2D eigenvalue weighted by molar-refractivity contribution is 5.50. The van der Waals surface area contributed by atoms with E-state index in [-0.39, 0.29) is 5.82 Å². The molecule has 0 aromatic heterocycles. The van der Waals surface area contributed by atoms with E-state index in [1.54, 1.807) is 12.1 Å². The third kappa shape index (κ3) is 2.75. The SMILES string of the molecule is CCOc1ccc(N2CCCN3CCCC3C2)cc1F. The summed E-state index contributed by atoms with van der Waals surface area (Å²) in [6.07, 6.45) is 3.73. The molecule has 2 fully saturated rings. The third-order valence-electron chi connectivity index (χ3n) is 4.38. The van der Waals surface area contributed by atoms with Crippen molar-refractivity contribution < 1.29 is 9.13 Å². The maximum absolute atomic E-state index is 14.0. The number of benzene rings is 1. The topological polar surface area (TPSA) is 15.7 Å². The van der Waals surface area contributed by atoms with Crippen molar-refractivity contribution in [3.63, 3.8) is 0 Å². The van der Waals surface area contributed by atoms with Gasteiger partial charge in [0.2, 0.25) is 0 Å². The molecular weight excluding hydrogens is 255 g/mol. The smallest absolute Gasteiger partial charge is 0.167 e. The van der Waals surface area contributed by atoms with Gasteiger partial charge in [-0.05, 0) is 44.9 Å². The Labute approximate surface area is 120 Å². The number of anilines is 1. The molecule has 1 atom stereocenters. The van der Waals surface area contributed by atoms with Crippen LogP contribution < -0.4 is 9.64 Å². The highest BCUT2D eigenvalue weighted by Gasteiger charge is 2.28. The number of hydrogen-bond donors (Lipinski definition) is 0. The molecule has 2 saturated heterocycles. The second kappa shape index (κ2) is 6.00. The summed E-state index contributed by atoms with van der Waals surface area (Å²) in [5.41, 5.74) is 0.986. The predicted molar refractivity (Wildman–Crippen MR) is 79.0 cm³/mol. The Balaban J connectivity index is 1.76. The number of rotatable bonds is 3. The number of halogens is 1. The van der Waals surface area contributed by atoms with Gasteiger partial charge in [0.25, 0.3) is 0 Å². The fraction of sp³-hybridized carbons (Fsp3) is 0.625. The molecule has 0 saturated carbocycles. The van der Waals surface area contributed by atoms with Crippen LogP contribution in [0.4, 0.5) is 10.1 Å². The molecule has 0 N–H and O–H groups in total.